The van der Waals surface area contributed by atoms with Gasteiger partial charge in [-0.15, -0.1) is 22.0 Å². The van der Waals surface area contributed by atoms with Gasteiger partial charge in [0.15, 0.2) is 0 Å². The first-order valence-electron chi connectivity index (χ1n) is 4.60. The first-order chi connectivity index (χ1) is 6.88. The Morgan fingerprint density at radius 2 is 2.43 bits per heavy atom. The van der Waals surface area contributed by atoms with Gasteiger partial charge in [0.25, 0.3) is 0 Å². The summed E-state index contributed by atoms with van der Waals surface area (Å²) in [4.78, 5) is 0. The number of hydrogen-bond donors (Lipinski definition) is 1. The Morgan fingerprint density at radius 1 is 1.50 bits per heavy atom. The molecule has 1 unspecified atom stereocenters. The lowest BCUT2D eigenvalue weighted by atomic mass is 10.2. The van der Waals surface area contributed by atoms with Crippen molar-refractivity contribution in [2.24, 2.45) is 0 Å². The Bertz CT molecular complexity index is 285. The molecule has 1 aromatic heterocycles. The second-order valence-corrected chi connectivity index (χ2v) is 3.99. The summed E-state index contributed by atoms with van der Waals surface area (Å²) in [7, 11) is 0. The quantitative estimate of drug-likeness (QED) is 0.766. The van der Waals surface area contributed by atoms with E-state index < -0.39 is 0 Å². The van der Waals surface area contributed by atoms with E-state index in [0.29, 0.717) is 6.04 Å². The van der Waals surface area contributed by atoms with E-state index in [9.17, 15) is 0 Å². The Balaban J connectivity index is 1.95. The number of rotatable bonds is 3. The number of nitrogens with one attached hydrogen (secondary N) is 1. The molecule has 2 rings (SSSR count). The molecule has 1 aromatic rings. The SMILES string of the molecule is CSc1ccc(NC2CCOC2)nn1. The Kier molecular flexibility index (Phi) is 3.21. The minimum absolute atomic E-state index is 0.393. The molecule has 2 heterocycles. The fraction of sp³-hybridized carbons (Fsp3) is 0.556. The molecular formula is C9H13N3OS. The van der Waals surface area contributed by atoms with Crippen LogP contribution in [0.2, 0.25) is 0 Å². The van der Waals surface area contributed by atoms with E-state index in [4.69, 9.17) is 4.74 Å². The van der Waals surface area contributed by atoms with Crippen LogP contribution in [0.3, 0.4) is 0 Å². The fourth-order valence-electron chi connectivity index (χ4n) is 1.36. The molecule has 0 aromatic carbocycles. The van der Waals surface area contributed by atoms with Crippen molar-refractivity contribution in [2.45, 2.75) is 17.5 Å². The van der Waals surface area contributed by atoms with Crippen LogP contribution in [0.1, 0.15) is 6.42 Å². The molecule has 0 bridgehead atoms. The highest BCUT2D eigenvalue weighted by Crippen LogP contribution is 2.14. The van der Waals surface area contributed by atoms with Crippen molar-refractivity contribution in [3.63, 3.8) is 0 Å². The zero-order valence-electron chi connectivity index (χ0n) is 8.06. The summed E-state index contributed by atoms with van der Waals surface area (Å²) in [5, 5.41) is 12.4. The average Bonchev–Trinajstić information content (AvgIpc) is 2.72. The number of ether oxygens (including phenoxy) is 1. The Hall–Kier alpha value is -0.810. The second-order valence-electron chi connectivity index (χ2n) is 3.17. The highest BCUT2D eigenvalue weighted by molar-refractivity contribution is 7.98. The van der Waals surface area contributed by atoms with Gasteiger partial charge in [0.2, 0.25) is 0 Å². The van der Waals surface area contributed by atoms with E-state index in [2.05, 4.69) is 15.5 Å². The average molecular weight is 211 g/mol. The van der Waals surface area contributed by atoms with Crippen LogP contribution in [-0.4, -0.2) is 35.7 Å². The van der Waals surface area contributed by atoms with Crippen molar-refractivity contribution < 1.29 is 4.74 Å². The predicted octanol–water partition coefficient (Wildman–Crippen LogP) is 1.40. The van der Waals surface area contributed by atoms with Gasteiger partial charge in [-0.2, -0.15) is 0 Å². The zero-order valence-corrected chi connectivity index (χ0v) is 8.88. The van der Waals surface area contributed by atoms with Crippen molar-refractivity contribution in [3.05, 3.63) is 12.1 Å². The molecular weight excluding hydrogens is 198 g/mol. The fourth-order valence-corrected chi connectivity index (χ4v) is 1.69. The van der Waals surface area contributed by atoms with Gasteiger partial charge < -0.3 is 10.1 Å². The number of hydrogen-bond acceptors (Lipinski definition) is 5. The largest absolute Gasteiger partial charge is 0.379 e. The van der Waals surface area contributed by atoms with Crippen LogP contribution in [0.5, 0.6) is 0 Å². The predicted molar refractivity (Wildman–Crippen MR) is 56.7 cm³/mol. The van der Waals surface area contributed by atoms with Crippen molar-refractivity contribution in [2.75, 3.05) is 24.8 Å². The third-order valence-electron chi connectivity index (χ3n) is 2.13. The van der Waals surface area contributed by atoms with Crippen LogP contribution in [0, 0.1) is 0 Å². The van der Waals surface area contributed by atoms with Gasteiger partial charge in [0.05, 0.1) is 12.6 Å². The number of nitrogens with zero attached hydrogens (tertiary/aromatic N) is 2. The molecule has 5 heteroatoms. The summed E-state index contributed by atoms with van der Waals surface area (Å²) in [5.41, 5.74) is 0. The van der Waals surface area contributed by atoms with E-state index in [1.54, 1.807) is 11.8 Å². The number of thioether (sulfide) groups is 1. The summed E-state index contributed by atoms with van der Waals surface area (Å²) in [6.45, 7) is 1.61. The topological polar surface area (TPSA) is 47.0 Å². The normalized spacial score (nSPS) is 21.1. The maximum atomic E-state index is 5.26. The van der Waals surface area contributed by atoms with Gasteiger partial charge in [-0.05, 0) is 24.8 Å². The minimum Gasteiger partial charge on any atom is -0.379 e. The Labute approximate surface area is 87.4 Å². The monoisotopic (exact) mass is 211 g/mol. The van der Waals surface area contributed by atoms with Crippen LogP contribution >= 0.6 is 11.8 Å². The lowest BCUT2D eigenvalue weighted by molar-refractivity contribution is 0.195. The van der Waals surface area contributed by atoms with Gasteiger partial charge in [0.1, 0.15) is 10.8 Å². The molecule has 1 atom stereocenters. The van der Waals surface area contributed by atoms with E-state index in [1.807, 2.05) is 18.4 Å². The van der Waals surface area contributed by atoms with E-state index in [0.717, 1.165) is 30.5 Å². The summed E-state index contributed by atoms with van der Waals surface area (Å²) < 4.78 is 5.26. The van der Waals surface area contributed by atoms with Gasteiger partial charge in [-0.3, -0.25) is 0 Å². The van der Waals surface area contributed by atoms with Crippen molar-refractivity contribution in [3.8, 4) is 0 Å². The molecule has 0 saturated carbocycles. The zero-order chi connectivity index (χ0) is 9.80. The third-order valence-corrected chi connectivity index (χ3v) is 2.77. The van der Waals surface area contributed by atoms with Crippen molar-refractivity contribution in [1.82, 2.24) is 10.2 Å². The molecule has 1 fully saturated rings. The smallest absolute Gasteiger partial charge is 0.149 e. The molecule has 0 radical (unpaired) electrons. The number of aromatic nitrogens is 2. The molecule has 0 amide bonds. The van der Waals surface area contributed by atoms with Crippen LogP contribution in [0.25, 0.3) is 0 Å². The molecule has 1 aliphatic heterocycles. The van der Waals surface area contributed by atoms with Crippen LogP contribution < -0.4 is 5.32 Å². The molecule has 0 aliphatic carbocycles. The molecule has 4 nitrogen and oxygen atoms in total. The lowest BCUT2D eigenvalue weighted by Gasteiger charge is -2.10. The second kappa shape index (κ2) is 4.61. The molecule has 0 spiro atoms. The van der Waals surface area contributed by atoms with Crippen LogP contribution in [0.15, 0.2) is 17.2 Å². The van der Waals surface area contributed by atoms with Crippen LogP contribution in [-0.2, 0) is 4.74 Å². The molecule has 1 aliphatic rings. The summed E-state index contributed by atoms with van der Waals surface area (Å²) in [6, 6.07) is 4.32. The summed E-state index contributed by atoms with van der Waals surface area (Å²) in [6.07, 6.45) is 3.04. The highest BCUT2D eigenvalue weighted by Gasteiger charge is 2.15. The molecule has 14 heavy (non-hydrogen) atoms. The van der Waals surface area contributed by atoms with Gasteiger partial charge in [0, 0.05) is 6.61 Å². The summed E-state index contributed by atoms with van der Waals surface area (Å²) >= 11 is 1.59. The Morgan fingerprint density at radius 3 is 3.00 bits per heavy atom. The van der Waals surface area contributed by atoms with Gasteiger partial charge in [-0.1, -0.05) is 0 Å². The standard InChI is InChI=1S/C9H13N3OS/c1-14-9-3-2-8(11-12-9)10-7-4-5-13-6-7/h2-3,7H,4-6H2,1H3,(H,10,11). The molecule has 1 saturated heterocycles. The van der Waals surface area contributed by atoms with Gasteiger partial charge >= 0.3 is 0 Å². The van der Waals surface area contributed by atoms with Crippen molar-refractivity contribution >= 4 is 17.6 Å². The maximum absolute atomic E-state index is 5.26. The molecule has 76 valence electrons. The van der Waals surface area contributed by atoms with Crippen molar-refractivity contribution in [1.29, 1.82) is 0 Å². The number of anilines is 1. The maximum Gasteiger partial charge on any atom is 0.149 e. The van der Waals surface area contributed by atoms with Gasteiger partial charge in [-0.25, -0.2) is 0 Å². The van der Waals surface area contributed by atoms with E-state index >= 15 is 0 Å². The minimum atomic E-state index is 0.393. The summed E-state index contributed by atoms with van der Waals surface area (Å²) in [5.74, 6) is 0.832. The van der Waals surface area contributed by atoms with E-state index in [1.165, 1.54) is 0 Å². The highest BCUT2D eigenvalue weighted by atomic mass is 32.2. The third kappa shape index (κ3) is 2.36. The molecule has 1 N–H and O–H groups in total. The first kappa shape index (κ1) is 9.73. The lowest BCUT2D eigenvalue weighted by Crippen LogP contribution is -2.19. The van der Waals surface area contributed by atoms with Crippen LogP contribution in [0.4, 0.5) is 5.82 Å². The first-order valence-corrected chi connectivity index (χ1v) is 5.83. The van der Waals surface area contributed by atoms with E-state index in [-0.39, 0.29) is 0 Å².